The zero-order valence-electron chi connectivity index (χ0n) is 11.4. The van der Waals surface area contributed by atoms with Crippen molar-refractivity contribution in [3.05, 3.63) is 0 Å². The summed E-state index contributed by atoms with van der Waals surface area (Å²) >= 11 is 0. The molecule has 0 spiro atoms. The highest BCUT2D eigenvalue weighted by Gasteiger charge is 2.29. The van der Waals surface area contributed by atoms with Crippen molar-refractivity contribution >= 4 is 9.84 Å². The summed E-state index contributed by atoms with van der Waals surface area (Å²) in [6, 6.07) is 0.494. The van der Waals surface area contributed by atoms with Gasteiger partial charge in [0.25, 0.3) is 0 Å². The first-order chi connectivity index (χ1) is 7.93. The number of nitrogens with one attached hydrogen (secondary N) is 1. The molecule has 1 N–H and O–H groups in total. The SMILES string of the molecule is CCCNC(CC(C)C)CC1CCS(=O)(=O)C1. The predicted molar refractivity (Wildman–Crippen MR) is 72.9 cm³/mol. The van der Waals surface area contributed by atoms with Crippen LogP contribution < -0.4 is 5.32 Å². The Labute approximate surface area is 106 Å². The van der Waals surface area contributed by atoms with Crippen LogP contribution in [0.2, 0.25) is 0 Å². The van der Waals surface area contributed by atoms with E-state index < -0.39 is 9.84 Å². The van der Waals surface area contributed by atoms with Crippen molar-refractivity contribution in [3.8, 4) is 0 Å². The maximum absolute atomic E-state index is 11.4. The van der Waals surface area contributed by atoms with Gasteiger partial charge in [0.1, 0.15) is 0 Å². The Hall–Kier alpha value is -0.0900. The van der Waals surface area contributed by atoms with E-state index in [-0.39, 0.29) is 0 Å². The Kier molecular flexibility index (Phi) is 5.93. The average molecular weight is 261 g/mol. The lowest BCUT2D eigenvalue weighted by Crippen LogP contribution is -2.33. The zero-order valence-corrected chi connectivity index (χ0v) is 12.2. The van der Waals surface area contributed by atoms with Crippen LogP contribution in [-0.2, 0) is 9.84 Å². The fraction of sp³-hybridized carbons (Fsp3) is 1.00. The molecule has 2 unspecified atom stereocenters. The van der Waals surface area contributed by atoms with Crippen molar-refractivity contribution in [1.29, 1.82) is 0 Å². The monoisotopic (exact) mass is 261 g/mol. The van der Waals surface area contributed by atoms with Crippen LogP contribution in [0.25, 0.3) is 0 Å². The van der Waals surface area contributed by atoms with Gasteiger partial charge in [0.05, 0.1) is 11.5 Å². The van der Waals surface area contributed by atoms with Crippen molar-refractivity contribution < 1.29 is 8.42 Å². The van der Waals surface area contributed by atoms with Crippen LogP contribution in [-0.4, -0.2) is 32.5 Å². The molecule has 1 aliphatic heterocycles. The van der Waals surface area contributed by atoms with Crippen LogP contribution in [0.5, 0.6) is 0 Å². The van der Waals surface area contributed by atoms with E-state index in [0.717, 1.165) is 32.2 Å². The second-order valence-corrected chi connectivity index (χ2v) is 8.01. The Morgan fingerprint density at radius 1 is 1.35 bits per heavy atom. The normalized spacial score (nSPS) is 25.3. The second-order valence-electron chi connectivity index (χ2n) is 5.79. The van der Waals surface area contributed by atoms with E-state index in [2.05, 4.69) is 26.1 Å². The van der Waals surface area contributed by atoms with Gasteiger partial charge in [-0.1, -0.05) is 20.8 Å². The van der Waals surface area contributed by atoms with Gasteiger partial charge in [-0.3, -0.25) is 0 Å². The zero-order chi connectivity index (χ0) is 12.9. The molecule has 0 aromatic rings. The lowest BCUT2D eigenvalue weighted by molar-refractivity contribution is 0.352. The van der Waals surface area contributed by atoms with E-state index in [9.17, 15) is 8.42 Å². The van der Waals surface area contributed by atoms with Crippen molar-refractivity contribution in [2.45, 2.75) is 52.5 Å². The Morgan fingerprint density at radius 2 is 2.06 bits per heavy atom. The van der Waals surface area contributed by atoms with Crippen molar-refractivity contribution in [3.63, 3.8) is 0 Å². The molecule has 1 saturated heterocycles. The predicted octanol–water partition coefficient (Wildman–Crippen LogP) is 2.23. The molecule has 1 fully saturated rings. The van der Waals surface area contributed by atoms with Gasteiger partial charge in [-0.25, -0.2) is 8.42 Å². The molecule has 2 atom stereocenters. The first kappa shape index (κ1) is 15.0. The smallest absolute Gasteiger partial charge is 0.150 e. The Bertz CT molecular complexity index is 311. The molecule has 1 aliphatic rings. The number of rotatable bonds is 7. The molecule has 1 rings (SSSR count). The minimum Gasteiger partial charge on any atom is -0.314 e. The third-order valence-electron chi connectivity index (χ3n) is 3.38. The maximum atomic E-state index is 11.4. The summed E-state index contributed by atoms with van der Waals surface area (Å²) in [5.74, 6) is 1.87. The highest BCUT2D eigenvalue weighted by Crippen LogP contribution is 2.24. The molecular formula is C13H27NO2S. The highest BCUT2D eigenvalue weighted by molar-refractivity contribution is 7.91. The van der Waals surface area contributed by atoms with Gasteiger partial charge in [0, 0.05) is 6.04 Å². The van der Waals surface area contributed by atoms with Gasteiger partial charge in [-0.05, 0) is 44.1 Å². The summed E-state index contributed by atoms with van der Waals surface area (Å²) in [6.45, 7) is 7.66. The number of hydrogen-bond acceptors (Lipinski definition) is 3. The maximum Gasteiger partial charge on any atom is 0.150 e. The molecule has 0 bridgehead atoms. The molecule has 0 saturated carbocycles. The van der Waals surface area contributed by atoms with Crippen LogP contribution >= 0.6 is 0 Å². The van der Waals surface area contributed by atoms with Crippen LogP contribution in [0.3, 0.4) is 0 Å². The number of sulfone groups is 1. The standard InChI is InChI=1S/C13H27NO2S/c1-4-6-14-13(8-11(2)3)9-12-5-7-17(15,16)10-12/h11-14H,4-10H2,1-3H3. The topological polar surface area (TPSA) is 46.2 Å². The molecule has 0 aliphatic carbocycles. The van der Waals surface area contributed by atoms with Gasteiger partial charge in [0.2, 0.25) is 0 Å². The van der Waals surface area contributed by atoms with Gasteiger partial charge < -0.3 is 5.32 Å². The quantitative estimate of drug-likeness (QED) is 0.764. The van der Waals surface area contributed by atoms with E-state index in [0.29, 0.717) is 29.4 Å². The van der Waals surface area contributed by atoms with Crippen LogP contribution in [0.4, 0.5) is 0 Å². The van der Waals surface area contributed by atoms with Gasteiger partial charge in [-0.15, -0.1) is 0 Å². The molecule has 0 amide bonds. The number of hydrogen-bond donors (Lipinski definition) is 1. The van der Waals surface area contributed by atoms with E-state index >= 15 is 0 Å². The van der Waals surface area contributed by atoms with Crippen molar-refractivity contribution in [1.82, 2.24) is 5.32 Å². The lowest BCUT2D eigenvalue weighted by Gasteiger charge is -2.23. The fourth-order valence-corrected chi connectivity index (χ4v) is 4.52. The van der Waals surface area contributed by atoms with E-state index in [1.165, 1.54) is 0 Å². The minimum absolute atomic E-state index is 0.383. The Morgan fingerprint density at radius 3 is 2.53 bits per heavy atom. The summed E-state index contributed by atoms with van der Waals surface area (Å²) in [7, 11) is -2.72. The van der Waals surface area contributed by atoms with Gasteiger partial charge in [-0.2, -0.15) is 0 Å². The first-order valence-corrected chi connectivity index (χ1v) is 8.69. The molecule has 17 heavy (non-hydrogen) atoms. The third kappa shape index (κ3) is 5.87. The largest absolute Gasteiger partial charge is 0.314 e. The van der Waals surface area contributed by atoms with Crippen molar-refractivity contribution in [2.75, 3.05) is 18.1 Å². The summed E-state index contributed by atoms with van der Waals surface area (Å²) < 4.78 is 22.9. The molecule has 3 nitrogen and oxygen atoms in total. The van der Waals surface area contributed by atoms with Crippen molar-refractivity contribution in [2.24, 2.45) is 11.8 Å². The molecule has 102 valence electrons. The van der Waals surface area contributed by atoms with E-state index in [4.69, 9.17) is 0 Å². The Balaban J connectivity index is 2.42. The summed E-state index contributed by atoms with van der Waals surface area (Å²) in [5, 5.41) is 3.56. The van der Waals surface area contributed by atoms with Gasteiger partial charge in [0.15, 0.2) is 9.84 Å². The van der Waals surface area contributed by atoms with Gasteiger partial charge >= 0.3 is 0 Å². The fourth-order valence-electron chi connectivity index (χ4n) is 2.64. The summed E-state index contributed by atoms with van der Waals surface area (Å²) in [4.78, 5) is 0. The second kappa shape index (κ2) is 6.74. The molecule has 0 aromatic carbocycles. The highest BCUT2D eigenvalue weighted by atomic mass is 32.2. The third-order valence-corrected chi connectivity index (χ3v) is 5.22. The van der Waals surface area contributed by atoms with Crippen LogP contribution in [0.1, 0.15) is 46.5 Å². The summed E-state index contributed by atoms with van der Waals surface area (Å²) in [5.41, 5.74) is 0. The van der Waals surface area contributed by atoms with E-state index in [1.54, 1.807) is 0 Å². The van der Waals surface area contributed by atoms with E-state index in [1.807, 2.05) is 0 Å². The average Bonchev–Trinajstić information content (AvgIpc) is 2.53. The molecule has 1 heterocycles. The molecule has 4 heteroatoms. The first-order valence-electron chi connectivity index (χ1n) is 6.86. The molecular weight excluding hydrogens is 234 g/mol. The minimum atomic E-state index is -2.72. The van der Waals surface area contributed by atoms with Crippen LogP contribution in [0.15, 0.2) is 0 Å². The van der Waals surface area contributed by atoms with Crippen LogP contribution in [0, 0.1) is 11.8 Å². The lowest BCUT2D eigenvalue weighted by atomic mass is 9.93. The summed E-state index contributed by atoms with van der Waals surface area (Å²) in [6.07, 6.45) is 4.18. The molecule has 0 radical (unpaired) electrons. The molecule has 0 aromatic heterocycles.